The smallest absolute Gasteiger partial charge is 0.283 e. The normalized spacial score (nSPS) is 13.3. The molecular formula is C15H15ClN2O5. The van der Waals surface area contributed by atoms with Crippen molar-refractivity contribution in [1.29, 1.82) is 0 Å². The highest BCUT2D eigenvalue weighted by Gasteiger charge is 2.25. The summed E-state index contributed by atoms with van der Waals surface area (Å²) in [5.74, 6) is -0.281. The summed E-state index contributed by atoms with van der Waals surface area (Å²) in [7, 11) is 0. The molecule has 0 aliphatic rings. The number of hydrogen-bond donors (Lipinski definition) is 2. The molecule has 1 heterocycles. The second kappa shape index (κ2) is 7.26. The van der Waals surface area contributed by atoms with Crippen LogP contribution >= 0.6 is 11.6 Å². The number of nitro groups is 1. The van der Waals surface area contributed by atoms with Crippen molar-refractivity contribution in [1.82, 2.24) is 5.32 Å². The molecule has 1 amide bonds. The Hall–Kier alpha value is -2.38. The number of aliphatic hydroxyl groups excluding tert-OH is 1. The topological polar surface area (TPSA) is 106 Å². The standard InChI is InChI=1S/C15H15ClN2O5/c1-9(8-12(19)13-6-3-7-23-13)17-15(20)14-10(16)4-2-5-11(14)18(21)22/h2-7,9,12,19H,8H2,1H3,(H,17,20)/t9-,12-/m1/s1. The first kappa shape index (κ1) is 17.0. The number of furan rings is 1. The van der Waals surface area contributed by atoms with E-state index in [4.69, 9.17) is 16.0 Å². The van der Waals surface area contributed by atoms with Gasteiger partial charge in [0.2, 0.25) is 0 Å². The third-order valence-corrected chi connectivity index (χ3v) is 3.56. The summed E-state index contributed by atoms with van der Waals surface area (Å²) >= 11 is 5.91. The molecule has 0 aliphatic carbocycles. The maximum Gasteiger partial charge on any atom is 0.283 e. The van der Waals surface area contributed by atoms with Gasteiger partial charge in [0, 0.05) is 18.5 Å². The predicted octanol–water partition coefficient (Wildman–Crippen LogP) is 3.08. The lowest BCUT2D eigenvalue weighted by Gasteiger charge is -2.17. The summed E-state index contributed by atoms with van der Waals surface area (Å²) in [6.45, 7) is 1.67. The van der Waals surface area contributed by atoms with Gasteiger partial charge in [0.15, 0.2) is 0 Å². The number of halogens is 1. The van der Waals surface area contributed by atoms with E-state index in [1.54, 1.807) is 19.1 Å². The zero-order valence-electron chi connectivity index (χ0n) is 12.2. The number of carbonyl (C=O) groups excluding carboxylic acids is 1. The number of amides is 1. The van der Waals surface area contributed by atoms with Gasteiger partial charge in [-0.2, -0.15) is 0 Å². The average Bonchev–Trinajstić information content (AvgIpc) is 3.00. The van der Waals surface area contributed by atoms with Crippen molar-refractivity contribution < 1.29 is 19.2 Å². The van der Waals surface area contributed by atoms with Crippen molar-refractivity contribution in [2.24, 2.45) is 0 Å². The summed E-state index contributed by atoms with van der Waals surface area (Å²) in [5, 5.41) is 23.6. The van der Waals surface area contributed by atoms with Gasteiger partial charge in [-0.1, -0.05) is 17.7 Å². The number of aliphatic hydroxyl groups is 1. The van der Waals surface area contributed by atoms with Gasteiger partial charge in [0.1, 0.15) is 17.4 Å². The summed E-state index contributed by atoms with van der Waals surface area (Å²) in [6, 6.07) is 6.85. The van der Waals surface area contributed by atoms with Crippen LogP contribution in [0.3, 0.4) is 0 Å². The molecule has 23 heavy (non-hydrogen) atoms. The first-order valence-electron chi connectivity index (χ1n) is 6.85. The maximum absolute atomic E-state index is 12.3. The summed E-state index contributed by atoms with van der Waals surface area (Å²) in [6.07, 6.45) is 0.744. The quantitative estimate of drug-likeness (QED) is 0.622. The first-order chi connectivity index (χ1) is 10.9. The molecule has 0 unspecified atom stereocenters. The molecule has 0 saturated heterocycles. The van der Waals surface area contributed by atoms with Gasteiger partial charge in [0.25, 0.3) is 11.6 Å². The molecule has 1 aromatic heterocycles. The van der Waals surface area contributed by atoms with E-state index in [0.717, 1.165) is 0 Å². The second-order valence-electron chi connectivity index (χ2n) is 5.03. The monoisotopic (exact) mass is 338 g/mol. The minimum absolute atomic E-state index is 0.00418. The molecule has 0 radical (unpaired) electrons. The van der Waals surface area contributed by atoms with Gasteiger partial charge in [0.05, 0.1) is 16.2 Å². The fourth-order valence-corrected chi connectivity index (χ4v) is 2.43. The molecule has 0 fully saturated rings. The van der Waals surface area contributed by atoms with Crippen molar-refractivity contribution in [2.75, 3.05) is 0 Å². The molecule has 0 aliphatic heterocycles. The minimum Gasteiger partial charge on any atom is -0.467 e. The SMILES string of the molecule is C[C@H](C[C@@H](O)c1ccco1)NC(=O)c1c(Cl)cccc1[N+](=O)[O-]. The number of nitro benzene ring substituents is 1. The van der Waals surface area contributed by atoms with Crippen LogP contribution < -0.4 is 5.32 Å². The Kier molecular flexibility index (Phi) is 5.36. The van der Waals surface area contributed by atoms with Crippen LogP contribution in [0.2, 0.25) is 5.02 Å². The van der Waals surface area contributed by atoms with Crippen LogP contribution in [0.1, 0.15) is 35.6 Å². The lowest BCUT2D eigenvalue weighted by molar-refractivity contribution is -0.385. The number of benzene rings is 1. The fourth-order valence-electron chi connectivity index (χ4n) is 2.18. The molecule has 1 aromatic carbocycles. The van der Waals surface area contributed by atoms with Gasteiger partial charge in [-0.05, 0) is 25.1 Å². The predicted molar refractivity (Wildman–Crippen MR) is 83.3 cm³/mol. The molecule has 0 saturated carbocycles. The number of carbonyl (C=O) groups is 1. The molecule has 8 heteroatoms. The molecule has 2 atom stereocenters. The van der Waals surface area contributed by atoms with E-state index in [0.29, 0.717) is 5.76 Å². The van der Waals surface area contributed by atoms with E-state index < -0.39 is 23.0 Å². The van der Waals surface area contributed by atoms with Crippen LogP contribution in [0.15, 0.2) is 41.0 Å². The zero-order valence-corrected chi connectivity index (χ0v) is 13.0. The highest BCUT2D eigenvalue weighted by molar-refractivity contribution is 6.34. The highest BCUT2D eigenvalue weighted by Crippen LogP contribution is 2.26. The van der Waals surface area contributed by atoms with Crippen LogP contribution in [0.4, 0.5) is 5.69 Å². The fraction of sp³-hybridized carbons (Fsp3) is 0.267. The minimum atomic E-state index is -0.887. The van der Waals surface area contributed by atoms with Crippen molar-refractivity contribution in [3.8, 4) is 0 Å². The van der Waals surface area contributed by atoms with Crippen LogP contribution in [0.25, 0.3) is 0 Å². The van der Waals surface area contributed by atoms with Gasteiger partial charge < -0.3 is 14.8 Å². The van der Waals surface area contributed by atoms with E-state index in [-0.39, 0.29) is 22.7 Å². The molecule has 0 spiro atoms. The molecular weight excluding hydrogens is 324 g/mol. The van der Waals surface area contributed by atoms with E-state index >= 15 is 0 Å². The van der Waals surface area contributed by atoms with Crippen LogP contribution in [-0.4, -0.2) is 22.0 Å². The summed E-state index contributed by atoms with van der Waals surface area (Å²) in [4.78, 5) is 22.6. The van der Waals surface area contributed by atoms with Gasteiger partial charge >= 0.3 is 0 Å². The van der Waals surface area contributed by atoms with Crippen LogP contribution in [0.5, 0.6) is 0 Å². The van der Waals surface area contributed by atoms with Gasteiger partial charge in [-0.15, -0.1) is 0 Å². The molecule has 2 rings (SSSR count). The molecule has 7 nitrogen and oxygen atoms in total. The first-order valence-corrected chi connectivity index (χ1v) is 7.23. The average molecular weight is 339 g/mol. The zero-order chi connectivity index (χ0) is 17.0. The molecule has 2 aromatic rings. The maximum atomic E-state index is 12.3. The summed E-state index contributed by atoms with van der Waals surface area (Å²) < 4.78 is 5.08. The Morgan fingerprint density at radius 2 is 2.17 bits per heavy atom. The lowest BCUT2D eigenvalue weighted by atomic mass is 10.1. The van der Waals surface area contributed by atoms with Crippen molar-refractivity contribution >= 4 is 23.2 Å². The Labute approximate surface area is 137 Å². The lowest BCUT2D eigenvalue weighted by Crippen LogP contribution is -2.34. The van der Waals surface area contributed by atoms with Gasteiger partial charge in [-0.3, -0.25) is 14.9 Å². The third kappa shape index (κ3) is 4.08. The van der Waals surface area contributed by atoms with E-state index in [9.17, 15) is 20.0 Å². The van der Waals surface area contributed by atoms with Crippen molar-refractivity contribution in [3.05, 3.63) is 63.1 Å². The van der Waals surface area contributed by atoms with Crippen molar-refractivity contribution in [3.63, 3.8) is 0 Å². The largest absolute Gasteiger partial charge is 0.467 e. The van der Waals surface area contributed by atoms with Crippen LogP contribution in [0, 0.1) is 10.1 Å². The Morgan fingerprint density at radius 3 is 2.78 bits per heavy atom. The Morgan fingerprint density at radius 1 is 1.43 bits per heavy atom. The van der Waals surface area contributed by atoms with E-state index in [1.165, 1.54) is 24.5 Å². The second-order valence-corrected chi connectivity index (χ2v) is 5.44. The van der Waals surface area contributed by atoms with Crippen LogP contribution in [-0.2, 0) is 0 Å². The number of nitrogens with one attached hydrogen (secondary N) is 1. The molecule has 0 bridgehead atoms. The number of hydrogen-bond acceptors (Lipinski definition) is 5. The number of nitrogens with zero attached hydrogens (tertiary/aromatic N) is 1. The van der Waals surface area contributed by atoms with Crippen molar-refractivity contribution in [2.45, 2.75) is 25.5 Å². The number of rotatable bonds is 6. The van der Waals surface area contributed by atoms with E-state index in [1.807, 2.05) is 0 Å². The molecule has 122 valence electrons. The Balaban J connectivity index is 2.09. The van der Waals surface area contributed by atoms with E-state index in [2.05, 4.69) is 5.32 Å². The molecule has 2 N–H and O–H groups in total. The summed E-state index contributed by atoms with van der Waals surface area (Å²) in [5.41, 5.74) is -0.563. The van der Waals surface area contributed by atoms with Gasteiger partial charge in [-0.25, -0.2) is 0 Å². The third-order valence-electron chi connectivity index (χ3n) is 3.24. The highest BCUT2D eigenvalue weighted by atomic mass is 35.5. The Bertz CT molecular complexity index is 702.